The molecule has 0 amide bonds. The van der Waals surface area contributed by atoms with Crippen molar-refractivity contribution < 1.29 is 0 Å². The fourth-order valence-electron chi connectivity index (χ4n) is 1.74. The van der Waals surface area contributed by atoms with Crippen molar-refractivity contribution >= 4 is 27.7 Å². The van der Waals surface area contributed by atoms with Crippen molar-refractivity contribution in [2.45, 2.75) is 29.8 Å². The van der Waals surface area contributed by atoms with Crippen molar-refractivity contribution in [2.75, 3.05) is 6.54 Å². The molecule has 19 heavy (non-hydrogen) atoms. The van der Waals surface area contributed by atoms with Crippen LogP contribution in [0, 0.1) is 0 Å². The largest absolute Gasteiger partial charge is 0.310 e. The van der Waals surface area contributed by atoms with Gasteiger partial charge in [0, 0.05) is 27.8 Å². The molecule has 3 nitrogen and oxygen atoms in total. The van der Waals surface area contributed by atoms with E-state index in [1.165, 1.54) is 5.56 Å². The van der Waals surface area contributed by atoms with Crippen molar-refractivity contribution in [1.82, 2.24) is 15.3 Å². The molecular weight excluding hydrogens is 322 g/mol. The zero-order valence-corrected chi connectivity index (χ0v) is 13.3. The van der Waals surface area contributed by atoms with Gasteiger partial charge in [-0.05, 0) is 47.1 Å². The van der Waals surface area contributed by atoms with E-state index in [1.54, 1.807) is 30.4 Å². The number of nitrogens with zero attached hydrogens (tertiary/aromatic N) is 2. The zero-order valence-electron chi connectivity index (χ0n) is 10.9. The number of nitrogens with one attached hydrogen (secondary N) is 1. The van der Waals surface area contributed by atoms with Crippen molar-refractivity contribution in [3.05, 3.63) is 46.8 Å². The Labute approximate surface area is 126 Å². The Morgan fingerprint density at radius 3 is 2.84 bits per heavy atom. The molecule has 100 valence electrons. The van der Waals surface area contributed by atoms with Gasteiger partial charge < -0.3 is 5.32 Å². The molecule has 1 N–H and O–H groups in total. The fourth-order valence-corrected chi connectivity index (χ4v) is 3.13. The van der Waals surface area contributed by atoms with Gasteiger partial charge in [0.2, 0.25) is 0 Å². The van der Waals surface area contributed by atoms with Crippen LogP contribution in [-0.4, -0.2) is 16.5 Å². The summed E-state index contributed by atoms with van der Waals surface area (Å²) in [5.74, 6) is 0. The standard InChI is InChI=1S/C14H16BrN3S/c1-3-17-10(2)11-4-5-13(12(15)8-11)19-14-9-16-6-7-18-14/h4-10,17H,3H2,1-2H3. The summed E-state index contributed by atoms with van der Waals surface area (Å²) >= 11 is 5.23. The van der Waals surface area contributed by atoms with Gasteiger partial charge in [0.1, 0.15) is 5.03 Å². The van der Waals surface area contributed by atoms with Crippen LogP contribution in [0.3, 0.4) is 0 Å². The molecule has 0 aliphatic carbocycles. The van der Waals surface area contributed by atoms with E-state index in [2.05, 4.69) is 63.3 Å². The van der Waals surface area contributed by atoms with Crippen molar-refractivity contribution in [3.8, 4) is 0 Å². The maximum absolute atomic E-state index is 4.27. The predicted molar refractivity (Wildman–Crippen MR) is 82.4 cm³/mol. The number of rotatable bonds is 5. The van der Waals surface area contributed by atoms with E-state index in [4.69, 9.17) is 0 Å². The summed E-state index contributed by atoms with van der Waals surface area (Å²) in [6.45, 7) is 5.25. The first kappa shape index (κ1) is 14.5. The number of benzene rings is 1. The lowest BCUT2D eigenvalue weighted by Crippen LogP contribution is -2.17. The molecule has 2 aromatic rings. The summed E-state index contributed by atoms with van der Waals surface area (Å²) in [6.07, 6.45) is 5.16. The maximum atomic E-state index is 4.27. The molecule has 0 spiro atoms. The number of hydrogen-bond donors (Lipinski definition) is 1. The van der Waals surface area contributed by atoms with Crippen LogP contribution in [-0.2, 0) is 0 Å². The highest BCUT2D eigenvalue weighted by Crippen LogP contribution is 2.33. The summed E-state index contributed by atoms with van der Waals surface area (Å²) in [7, 11) is 0. The normalized spacial score (nSPS) is 12.4. The first-order chi connectivity index (χ1) is 9.20. The van der Waals surface area contributed by atoms with E-state index in [0.717, 1.165) is 20.9 Å². The molecule has 1 aromatic heterocycles. The van der Waals surface area contributed by atoms with Crippen LogP contribution in [0.15, 0.2) is 51.2 Å². The summed E-state index contributed by atoms with van der Waals surface area (Å²) in [5.41, 5.74) is 1.28. The quantitative estimate of drug-likeness (QED) is 0.892. The maximum Gasteiger partial charge on any atom is 0.119 e. The number of aromatic nitrogens is 2. The van der Waals surface area contributed by atoms with Crippen LogP contribution in [0.25, 0.3) is 0 Å². The molecule has 0 saturated carbocycles. The highest BCUT2D eigenvalue weighted by Gasteiger charge is 2.08. The zero-order chi connectivity index (χ0) is 13.7. The smallest absolute Gasteiger partial charge is 0.119 e. The van der Waals surface area contributed by atoms with Gasteiger partial charge in [0.15, 0.2) is 0 Å². The first-order valence-corrected chi connectivity index (χ1v) is 7.78. The lowest BCUT2D eigenvalue weighted by Gasteiger charge is -2.14. The molecule has 0 fully saturated rings. The minimum absolute atomic E-state index is 0.358. The molecule has 0 saturated heterocycles. The lowest BCUT2D eigenvalue weighted by molar-refractivity contribution is 0.597. The Bertz CT molecular complexity index is 533. The Morgan fingerprint density at radius 1 is 1.37 bits per heavy atom. The molecular formula is C14H16BrN3S. The van der Waals surface area contributed by atoms with Gasteiger partial charge in [0.25, 0.3) is 0 Å². The van der Waals surface area contributed by atoms with Crippen molar-refractivity contribution in [1.29, 1.82) is 0 Å². The minimum atomic E-state index is 0.358. The molecule has 1 atom stereocenters. The summed E-state index contributed by atoms with van der Waals surface area (Å²) < 4.78 is 1.09. The Kier molecular flexibility index (Phi) is 5.36. The van der Waals surface area contributed by atoms with Gasteiger partial charge in [-0.25, -0.2) is 4.98 Å². The molecule has 0 aliphatic heterocycles. The van der Waals surface area contributed by atoms with E-state index >= 15 is 0 Å². The molecule has 5 heteroatoms. The monoisotopic (exact) mass is 337 g/mol. The minimum Gasteiger partial charge on any atom is -0.310 e. The molecule has 1 unspecified atom stereocenters. The highest BCUT2D eigenvalue weighted by molar-refractivity contribution is 9.10. The van der Waals surface area contributed by atoms with Crippen molar-refractivity contribution in [3.63, 3.8) is 0 Å². The Balaban J connectivity index is 2.15. The van der Waals surface area contributed by atoms with E-state index in [9.17, 15) is 0 Å². The molecule has 0 radical (unpaired) electrons. The van der Waals surface area contributed by atoms with Crippen LogP contribution in [0.4, 0.5) is 0 Å². The van der Waals surface area contributed by atoms with Gasteiger partial charge in [-0.15, -0.1) is 0 Å². The molecule has 0 bridgehead atoms. The Morgan fingerprint density at radius 2 is 2.21 bits per heavy atom. The SMILES string of the molecule is CCNC(C)c1ccc(Sc2cnccn2)c(Br)c1. The second-order valence-corrected chi connectivity index (χ2v) is 6.03. The summed E-state index contributed by atoms with van der Waals surface area (Å²) in [6, 6.07) is 6.78. The number of halogens is 1. The first-order valence-electron chi connectivity index (χ1n) is 6.17. The van der Waals surface area contributed by atoms with E-state index in [1.807, 2.05) is 0 Å². The Hall–Kier alpha value is -0.910. The van der Waals surface area contributed by atoms with Gasteiger partial charge in [-0.2, -0.15) is 0 Å². The van der Waals surface area contributed by atoms with Gasteiger partial charge in [0.05, 0.1) is 6.20 Å². The second-order valence-electron chi connectivity index (χ2n) is 4.11. The van der Waals surface area contributed by atoms with Gasteiger partial charge >= 0.3 is 0 Å². The van der Waals surface area contributed by atoms with Crippen LogP contribution in [0.1, 0.15) is 25.5 Å². The van der Waals surface area contributed by atoms with Crippen molar-refractivity contribution in [2.24, 2.45) is 0 Å². The third-order valence-electron chi connectivity index (χ3n) is 2.72. The molecule has 1 aromatic carbocycles. The average molecular weight is 338 g/mol. The topological polar surface area (TPSA) is 37.8 Å². The summed E-state index contributed by atoms with van der Waals surface area (Å²) in [5, 5.41) is 4.31. The van der Waals surface area contributed by atoms with Crippen LogP contribution in [0.2, 0.25) is 0 Å². The van der Waals surface area contributed by atoms with Crippen LogP contribution >= 0.6 is 27.7 Å². The third kappa shape index (κ3) is 4.03. The molecule has 2 rings (SSSR count). The predicted octanol–water partition coefficient (Wildman–Crippen LogP) is 4.06. The van der Waals surface area contributed by atoms with E-state index in [-0.39, 0.29) is 0 Å². The fraction of sp³-hybridized carbons (Fsp3) is 0.286. The second kappa shape index (κ2) is 7.03. The van der Waals surface area contributed by atoms with Crippen LogP contribution < -0.4 is 5.32 Å². The number of hydrogen-bond acceptors (Lipinski definition) is 4. The lowest BCUT2D eigenvalue weighted by atomic mass is 10.1. The van der Waals surface area contributed by atoms with Gasteiger partial charge in [-0.3, -0.25) is 4.98 Å². The molecule has 1 heterocycles. The van der Waals surface area contributed by atoms with E-state index in [0.29, 0.717) is 6.04 Å². The highest BCUT2D eigenvalue weighted by atomic mass is 79.9. The third-order valence-corrected chi connectivity index (χ3v) is 4.63. The average Bonchev–Trinajstić information content (AvgIpc) is 2.42. The summed E-state index contributed by atoms with van der Waals surface area (Å²) in [4.78, 5) is 9.49. The van der Waals surface area contributed by atoms with E-state index < -0.39 is 0 Å². The molecule has 0 aliphatic rings. The van der Waals surface area contributed by atoms with Crippen LogP contribution in [0.5, 0.6) is 0 Å². The van der Waals surface area contributed by atoms with Gasteiger partial charge in [-0.1, -0.05) is 24.8 Å².